The average Bonchev–Trinajstić information content (AvgIpc) is 3.12. The molecule has 1 amide bonds. The number of carbonyl (C=O) groups is 2. The molecule has 0 unspecified atom stereocenters. The lowest BCUT2D eigenvalue weighted by Gasteiger charge is -2.15. The molecule has 2 aromatic rings. The van der Waals surface area contributed by atoms with E-state index in [9.17, 15) is 9.59 Å². The first-order valence-electron chi connectivity index (χ1n) is 8.62. The van der Waals surface area contributed by atoms with Crippen LogP contribution in [0.15, 0.2) is 29.3 Å². The van der Waals surface area contributed by atoms with Gasteiger partial charge in [0.05, 0.1) is 10.6 Å². The molecule has 0 saturated carbocycles. The quantitative estimate of drug-likeness (QED) is 0.770. The Labute approximate surface area is 151 Å². The van der Waals surface area contributed by atoms with Crippen molar-refractivity contribution in [1.29, 1.82) is 0 Å². The van der Waals surface area contributed by atoms with Gasteiger partial charge in [-0.2, -0.15) is 0 Å². The number of thiazole rings is 1. The maximum atomic E-state index is 11.8. The third-order valence-electron chi connectivity index (χ3n) is 4.50. The minimum absolute atomic E-state index is 0.0804. The Morgan fingerprint density at radius 3 is 2.56 bits per heavy atom. The molecule has 0 spiro atoms. The van der Waals surface area contributed by atoms with Gasteiger partial charge < -0.3 is 9.47 Å². The van der Waals surface area contributed by atoms with E-state index >= 15 is 0 Å². The molecule has 1 aromatic heterocycles. The smallest absolute Gasteiger partial charge is 0.222 e. The Hall–Kier alpha value is -2.21. The van der Waals surface area contributed by atoms with E-state index in [1.165, 1.54) is 11.3 Å². The molecular formula is C19H23N3O2S. The van der Waals surface area contributed by atoms with E-state index in [0.717, 1.165) is 46.1 Å². The van der Waals surface area contributed by atoms with E-state index in [1.54, 1.807) is 6.92 Å². The van der Waals surface area contributed by atoms with Crippen molar-refractivity contribution in [2.45, 2.75) is 46.7 Å². The third kappa shape index (κ3) is 3.74. The molecule has 1 saturated heterocycles. The number of hydrogen-bond donors (Lipinski definition) is 0. The molecule has 0 aliphatic carbocycles. The highest BCUT2D eigenvalue weighted by Crippen LogP contribution is 2.19. The first-order valence-corrected chi connectivity index (χ1v) is 9.44. The SMILES string of the molecule is CCn1c(C)c(C(C)=O)sc1=Nc1ccc(CN2CCCC2=O)cc1. The molecule has 2 heterocycles. The Balaban J connectivity index is 1.85. The number of hydrogen-bond acceptors (Lipinski definition) is 4. The van der Waals surface area contributed by atoms with E-state index < -0.39 is 0 Å². The lowest BCUT2D eigenvalue weighted by atomic mass is 10.2. The van der Waals surface area contributed by atoms with Crippen LogP contribution in [0.25, 0.3) is 0 Å². The van der Waals surface area contributed by atoms with Gasteiger partial charge in [-0.15, -0.1) is 0 Å². The lowest BCUT2D eigenvalue weighted by Crippen LogP contribution is -2.23. The van der Waals surface area contributed by atoms with Gasteiger partial charge in [0, 0.05) is 38.7 Å². The highest BCUT2D eigenvalue weighted by Gasteiger charge is 2.19. The third-order valence-corrected chi connectivity index (χ3v) is 5.78. The summed E-state index contributed by atoms with van der Waals surface area (Å²) >= 11 is 1.44. The Morgan fingerprint density at radius 2 is 2.00 bits per heavy atom. The average molecular weight is 357 g/mol. The monoisotopic (exact) mass is 357 g/mol. The normalized spacial score (nSPS) is 15.2. The number of aromatic nitrogens is 1. The highest BCUT2D eigenvalue weighted by molar-refractivity contribution is 7.11. The number of rotatable bonds is 5. The number of likely N-dealkylation sites (tertiary alicyclic amines) is 1. The minimum Gasteiger partial charge on any atom is -0.338 e. The second-order valence-corrected chi connectivity index (χ2v) is 7.27. The van der Waals surface area contributed by atoms with E-state index in [1.807, 2.05) is 36.1 Å². The number of benzene rings is 1. The molecule has 0 atom stereocenters. The van der Waals surface area contributed by atoms with Gasteiger partial charge in [-0.05, 0) is 38.0 Å². The van der Waals surface area contributed by atoms with Crippen molar-refractivity contribution < 1.29 is 9.59 Å². The molecule has 132 valence electrons. The minimum atomic E-state index is 0.0804. The van der Waals surface area contributed by atoms with Crippen molar-refractivity contribution >= 4 is 28.7 Å². The maximum absolute atomic E-state index is 11.8. The van der Waals surface area contributed by atoms with Crippen LogP contribution >= 0.6 is 11.3 Å². The molecule has 1 aromatic carbocycles. The summed E-state index contributed by atoms with van der Waals surface area (Å²) in [5, 5.41) is 0. The number of Topliss-reactive ketones (excluding diaryl/α,β-unsaturated/α-hetero) is 1. The summed E-state index contributed by atoms with van der Waals surface area (Å²) in [7, 11) is 0. The van der Waals surface area contributed by atoms with E-state index in [2.05, 4.69) is 11.5 Å². The largest absolute Gasteiger partial charge is 0.338 e. The van der Waals surface area contributed by atoms with Crippen molar-refractivity contribution in [3.8, 4) is 0 Å². The molecule has 6 heteroatoms. The second kappa shape index (κ2) is 7.35. The summed E-state index contributed by atoms with van der Waals surface area (Å²) in [4.78, 5) is 31.7. The van der Waals surface area contributed by atoms with E-state index in [4.69, 9.17) is 4.99 Å². The number of amides is 1. The van der Waals surface area contributed by atoms with Crippen LogP contribution < -0.4 is 4.80 Å². The zero-order valence-electron chi connectivity index (χ0n) is 14.9. The Kier molecular flexibility index (Phi) is 5.18. The number of ketones is 1. The fourth-order valence-corrected chi connectivity index (χ4v) is 4.26. The molecule has 1 fully saturated rings. The van der Waals surface area contributed by atoms with Gasteiger partial charge in [-0.3, -0.25) is 9.59 Å². The zero-order valence-corrected chi connectivity index (χ0v) is 15.7. The summed E-state index contributed by atoms with van der Waals surface area (Å²) in [5.74, 6) is 0.320. The molecule has 25 heavy (non-hydrogen) atoms. The van der Waals surface area contributed by atoms with Gasteiger partial charge >= 0.3 is 0 Å². The molecule has 0 N–H and O–H groups in total. The Morgan fingerprint density at radius 1 is 1.28 bits per heavy atom. The number of nitrogens with zero attached hydrogens (tertiary/aromatic N) is 3. The van der Waals surface area contributed by atoms with Crippen LogP contribution in [0.1, 0.15) is 47.6 Å². The van der Waals surface area contributed by atoms with Crippen molar-refractivity contribution in [3.05, 3.63) is 45.2 Å². The molecule has 5 nitrogen and oxygen atoms in total. The zero-order chi connectivity index (χ0) is 18.0. The van der Waals surface area contributed by atoms with Crippen LogP contribution in [-0.2, 0) is 17.9 Å². The Bertz CT molecular complexity index is 862. The maximum Gasteiger partial charge on any atom is 0.222 e. The summed E-state index contributed by atoms with van der Waals surface area (Å²) in [5.41, 5.74) is 2.95. The summed E-state index contributed by atoms with van der Waals surface area (Å²) < 4.78 is 2.07. The molecule has 1 aliphatic heterocycles. The van der Waals surface area contributed by atoms with Crippen molar-refractivity contribution in [1.82, 2.24) is 9.47 Å². The van der Waals surface area contributed by atoms with Gasteiger partial charge in [-0.1, -0.05) is 23.5 Å². The predicted molar refractivity (Wildman–Crippen MR) is 99.0 cm³/mol. The van der Waals surface area contributed by atoms with E-state index in [-0.39, 0.29) is 11.7 Å². The van der Waals surface area contributed by atoms with Gasteiger partial charge in [-0.25, -0.2) is 4.99 Å². The van der Waals surface area contributed by atoms with Crippen molar-refractivity contribution in [3.63, 3.8) is 0 Å². The summed E-state index contributed by atoms with van der Waals surface area (Å²) in [6.45, 7) is 7.91. The van der Waals surface area contributed by atoms with Crippen molar-refractivity contribution in [2.75, 3.05) is 6.54 Å². The summed E-state index contributed by atoms with van der Waals surface area (Å²) in [6.07, 6.45) is 1.63. The van der Waals surface area contributed by atoms with Crippen LogP contribution in [0.4, 0.5) is 5.69 Å². The van der Waals surface area contributed by atoms with Crippen LogP contribution in [0.2, 0.25) is 0 Å². The van der Waals surface area contributed by atoms with Gasteiger partial charge in [0.25, 0.3) is 0 Å². The van der Waals surface area contributed by atoms with Gasteiger partial charge in [0.2, 0.25) is 5.91 Å². The fraction of sp³-hybridized carbons (Fsp3) is 0.421. The highest BCUT2D eigenvalue weighted by atomic mass is 32.1. The molecular weight excluding hydrogens is 334 g/mol. The van der Waals surface area contributed by atoms with Crippen LogP contribution in [0.5, 0.6) is 0 Å². The first kappa shape index (κ1) is 17.6. The molecule has 0 bridgehead atoms. The standard InChI is InChI=1S/C19H23N3O2S/c1-4-22-13(2)18(14(3)23)25-19(22)20-16-9-7-15(8-10-16)12-21-11-5-6-17(21)24/h7-10H,4-6,11-12H2,1-3H3. The lowest BCUT2D eigenvalue weighted by molar-refractivity contribution is -0.128. The topological polar surface area (TPSA) is 54.7 Å². The van der Waals surface area contributed by atoms with Gasteiger partial charge in [0.15, 0.2) is 10.6 Å². The fourth-order valence-electron chi connectivity index (χ4n) is 3.15. The van der Waals surface area contributed by atoms with Crippen molar-refractivity contribution in [2.24, 2.45) is 4.99 Å². The summed E-state index contributed by atoms with van der Waals surface area (Å²) in [6, 6.07) is 7.98. The second-order valence-electron chi connectivity index (χ2n) is 6.30. The van der Waals surface area contributed by atoms with Gasteiger partial charge in [0.1, 0.15) is 0 Å². The first-order chi connectivity index (χ1) is 12.0. The number of carbonyl (C=O) groups excluding carboxylic acids is 2. The van der Waals surface area contributed by atoms with E-state index in [0.29, 0.717) is 13.0 Å². The molecule has 1 aliphatic rings. The molecule has 3 rings (SSSR count). The molecule has 0 radical (unpaired) electrons. The predicted octanol–water partition coefficient (Wildman–Crippen LogP) is 3.44. The van der Waals surface area contributed by atoms with Crippen LogP contribution in [0.3, 0.4) is 0 Å². The van der Waals surface area contributed by atoms with Crippen LogP contribution in [0, 0.1) is 6.92 Å². The van der Waals surface area contributed by atoms with Crippen LogP contribution in [-0.4, -0.2) is 27.7 Å².